The van der Waals surface area contributed by atoms with E-state index >= 15 is 0 Å². The summed E-state index contributed by atoms with van der Waals surface area (Å²) < 4.78 is 28.7. The minimum atomic E-state index is -2.94. The topological polar surface area (TPSA) is 97.1 Å². The van der Waals surface area contributed by atoms with E-state index in [0.717, 1.165) is 6.42 Å². The summed E-state index contributed by atoms with van der Waals surface area (Å²) in [4.78, 5) is 0. The van der Waals surface area contributed by atoms with E-state index in [1.807, 2.05) is 13.8 Å². The van der Waals surface area contributed by atoms with Crippen LogP contribution >= 0.6 is 0 Å². The standard InChI is InChI=1S/C11H20N4O3S/c1-8(2)12-7-10-14-15-11(18-10)13-6-9-4-3-5-19(9,16)17/h8-9,12H,3-7H2,1-2H3,(H,13,15). The molecule has 1 fully saturated rings. The molecule has 1 saturated heterocycles. The van der Waals surface area contributed by atoms with Gasteiger partial charge in [0.05, 0.1) is 17.5 Å². The number of nitrogens with zero attached hydrogens (tertiary/aromatic N) is 2. The monoisotopic (exact) mass is 288 g/mol. The van der Waals surface area contributed by atoms with E-state index in [-0.39, 0.29) is 17.0 Å². The van der Waals surface area contributed by atoms with E-state index in [0.29, 0.717) is 31.4 Å². The zero-order valence-corrected chi connectivity index (χ0v) is 12.0. The lowest BCUT2D eigenvalue weighted by molar-refractivity contribution is 0.458. The van der Waals surface area contributed by atoms with Gasteiger partial charge in [-0.15, -0.1) is 5.10 Å². The van der Waals surface area contributed by atoms with Crippen molar-refractivity contribution in [2.75, 3.05) is 17.6 Å². The van der Waals surface area contributed by atoms with Crippen LogP contribution in [-0.4, -0.2) is 42.2 Å². The molecule has 0 radical (unpaired) electrons. The summed E-state index contributed by atoms with van der Waals surface area (Å²) in [5.74, 6) is 0.776. The van der Waals surface area contributed by atoms with Crippen LogP contribution in [-0.2, 0) is 16.4 Å². The van der Waals surface area contributed by atoms with Crippen LogP contribution in [0.15, 0.2) is 4.42 Å². The smallest absolute Gasteiger partial charge is 0.315 e. The van der Waals surface area contributed by atoms with Crippen molar-refractivity contribution in [1.82, 2.24) is 15.5 Å². The highest BCUT2D eigenvalue weighted by atomic mass is 32.2. The van der Waals surface area contributed by atoms with Crippen molar-refractivity contribution in [2.45, 2.75) is 44.5 Å². The molecule has 2 rings (SSSR count). The maximum atomic E-state index is 11.6. The van der Waals surface area contributed by atoms with E-state index < -0.39 is 9.84 Å². The Hall–Kier alpha value is -1.15. The molecule has 7 nitrogen and oxygen atoms in total. The largest absolute Gasteiger partial charge is 0.407 e. The van der Waals surface area contributed by atoms with Crippen molar-refractivity contribution in [3.05, 3.63) is 5.89 Å². The molecule has 0 saturated carbocycles. The Labute approximate surface area is 113 Å². The second-order valence-corrected chi connectivity index (χ2v) is 7.45. The summed E-state index contributed by atoms with van der Waals surface area (Å²) in [6, 6.07) is 0.620. The summed E-state index contributed by atoms with van der Waals surface area (Å²) in [5, 5.41) is 13.5. The maximum absolute atomic E-state index is 11.6. The zero-order chi connectivity index (χ0) is 13.9. The minimum Gasteiger partial charge on any atom is -0.407 e. The fourth-order valence-electron chi connectivity index (χ4n) is 1.98. The Morgan fingerprint density at radius 1 is 1.42 bits per heavy atom. The number of rotatable bonds is 6. The van der Waals surface area contributed by atoms with Crippen molar-refractivity contribution in [3.8, 4) is 0 Å². The third kappa shape index (κ3) is 3.90. The normalized spacial score (nSPS) is 21.9. The number of nitrogens with one attached hydrogen (secondary N) is 2. The quantitative estimate of drug-likeness (QED) is 0.789. The van der Waals surface area contributed by atoms with Gasteiger partial charge >= 0.3 is 6.01 Å². The van der Waals surface area contributed by atoms with Gasteiger partial charge in [-0.2, -0.15) is 0 Å². The van der Waals surface area contributed by atoms with E-state index in [1.54, 1.807) is 0 Å². The number of hydrogen-bond donors (Lipinski definition) is 2. The van der Waals surface area contributed by atoms with Crippen LogP contribution in [0.3, 0.4) is 0 Å². The average Bonchev–Trinajstić information content (AvgIpc) is 2.90. The molecule has 1 atom stereocenters. The molecule has 8 heteroatoms. The fourth-order valence-corrected chi connectivity index (χ4v) is 3.74. The highest BCUT2D eigenvalue weighted by molar-refractivity contribution is 7.92. The molecular formula is C11H20N4O3S. The molecular weight excluding hydrogens is 268 g/mol. The molecule has 2 N–H and O–H groups in total. The molecule has 1 aromatic heterocycles. The van der Waals surface area contributed by atoms with Gasteiger partial charge < -0.3 is 15.1 Å². The first-order valence-corrected chi connectivity index (χ1v) is 8.20. The Morgan fingerprint density at radius 3 is 2.84 bits per heavy atom. The van der Waals surface area contributed by atoms with Gasteiger partial charge in [0, 0.05) is 12.6 Å². The highest BCUT2D eigenvalue weighted by Gasteiger charge is 2.31. The number of aromatic nitrogens is 2. The summed E-state index contributed by atoms with van der Waals surface area (Å²) in [6.07, 6.45) is 1.44. The van der Waals surface area contributed by atoms with Gasteiger partial charge in [-0.1, -0.05) is 18.9 Å². The van der Waals surface area contributed by atoms with Crippen molar-refractivity contribution >= 4 is 15.9 Å². The third-order valence-corrected chi connectivity index (χ3v) is 5.35. The molecule has 1 unspecified atom stereocenters. The average molecular weight is 288 g/mol. The summed E-state index contributed by atoms with van der Waals surface area (Å²) in [7, 11) is -2.94. The molecule has 19 heavy (non-hydrogen) atoms. The van der Waals surface area contributed by atoms with Crippen LogP contribution in [0.25, 0.3) is 0 Å². The molecule has 1 aromatic rings. The summed E-state index contributed by atoms with van der Waals surface area (Å²) in [6.45, 7) is 4.90. The van der Waals surface area contributed by atoms with Crippen molar-refractivity contribution in [1.29, 1.82) is 0 Å². The lowest BCUT2D eigenvalue weighted by Crippen LogP contribution is -2.25. The zero-order valence-electron chi connectivity index (χ0n) is 11.2. The molecule has 2 heterocycles. The van der Waals surface area contributed by atoms with Gasteiger partial charge in [-0.05, 0) is 12.8 Å². The molecule has 1 aliphatic rings. The van der Waals surface area contributed by atoms with E-state index in [4.69, 9.17) is 4.42 Å². The first-order chi connectivity index (χ1) is 8.97. The second kappa shape index (κ2) is 5.87. The van der Waals surface area contributed by atoms with Crippen molar-refractivity contribution in [2.24, 2.45) is 0 Å². The van der Waals surface area contributed by atoms with Crippen LogP contribution in [0.2, 0.25) is 0 Å². The Bertz CT molecular complexity index is 512. The van der Waals surface area contributed by atoms with E-state index in [9.17, 15) is 8.42 Å². The van der Waals surface area contributed by atoms with E-state index in [1.165, 1.54) is 0 Å². The first kappa shape index (κ1) is 14.3. The van der Waals surface area contributed by atoms with Crippen LogP contribution in [0.5, 0.6) is 0 Å². The molecule has 0 aliphatic carbocycles. The molecule has 0 spiro atoms. The fraction of sp³-hybridized carbons (Fsp3) is 0.818. The molecule has 1 aliphatic heterocycles. The number of hydrogen-bond acceptors (Lipinski definition) is 7. The van der Waals surface area contributed by atoms with Crippen LogP contribution in [0.1, 0.15) is 32.6 Å². The van der Waals surface area contributed by atoms with Gasteiger partial charge in [0.15, 0.2) is 9.84 Å². The maximum Gasteiger partial charge on any atom is 0.315 e. The predicted molar refractivity (Wildman–Crippen MR) is 71.6 cm³/mol. The Morgan fingerprint density at radius 2 is 2.21 bits per heavy atom. The lowest BCUT2D eigenvalue weighted by atomic mass is 10.2. The highest BCUT2D eigenvalue weighted by Crippen LogP contribution is 2.20. The molecule has 108 valence electrons. The summed E-state index contributed by atoms with van der Waals surface area (Å²) in [5.41, 5.74) is 0. The summed E-state index contributed by atoms with van der Waals surface area (Å²) >= 11 is 0. The minimum absolute atomic E-state index is 0.280. The van der Waals surface area contributed by atoms with Crippen LogP contribution in [0.4, 0.5) is 6.01 Å². The lowest BCUT2D eigenvalue weighted by Gasteiger charge is -2.08. The van der Waals surface area contributed by atoms with Gasteiger partial charge in [-0.25, -0.2) is 8.42 Å². The SMILES string of the molecule is CC(C)NCc1nnc(NCC2CCCS2(=O)=O)o1. The Balaban J connectivity index is 1.83. The molecule has 0 bridgehead atoms. The first-order valence-electron chi connectivity index (χ1n) is 6.48. The van der Waals surface area contributed by atoms with Crippen LogP contribution < -0.4 is 10.6 Å². The van der Waals surface area contributed by atoms with Gasteiger partial charge in [0.25, 0.3) is 0 Å². The van der Waals surface area contributed by atoms with Gasteiger partial charge in [0.2, 0.25) is 5.89 Å². The van der Waals surface area contributed by atoms with Gasteiger partial charge in [-0.3, -0.25) is 0 Å². The molecule has 0 aromatic carbocycles. The van der Waals surface area contributed by atoms with Crippen molar-refractivity contribution in [3.63, 3.8) is 0 Å². The number of sulfone groups is 1. The molecule has 0 amide bonds. The second-order valence-electron chi connectivity index (χ2n) is 5.05. The third-order valence-electron chi connectivity index (χ3n) is 3.07. The van der Waals surface area contributed by atoms with Gasteiger partial charge in [0.1, 0.15) is 0 Å². The van der Waals surface area contributed by atoms with E-state index in [2.05, 4.69) is 20.8 Å². The number of anilines is 1. The predicted octanol–water partition coefficient (Wildman–Crippen LogP) is 0.557. The van der Waals surface area contributed by atoms with Crippen molar-refractivity contribution < 1.29 is 12.8 Å². The Kier molecular flexibility index (Phi) is 4.41. The van der Waals surface area contributed by atoms with Crippen LogP contribution in [0, 0.1) is 0 Å².